The van der Waals surface area contributed by atoms with Gasteiger partial charge in [0.2, 0.25) is 5.95 Å². The number of aromatic nitrogens is 5. The second-order valence-corrected chi connectivity index (χ2v) is 4.39. The summed E-state index contributed by atoms with van der Waals surface area (Å²) in [5.74, 6) is 0.952. The number of aryl methyl sites for hydroxylation is 1. The van der Waals surface area contributed by atoms with Crippen molar-refractivity contribution in [2.45, 2.75) is 34.1 Å². The Hall–Kier alpha value is -2.18. The van der Waals surface area contributed by atoms with E-state index in [9.17, 15) is 0 Å². The summed E-state index contributed by atoms with van der Waals surface area (Å²) in [6.45, 7) is 8.83. The Balaban J connectivity index is 2.54. The lowest BCUT2D eigenvalue weighted by molar-refractivity contribution is 0.377. The molecule has 2 heterocycles. The second kappa shape index (κ2) is 5.85. The minimum absolute atomic E-state index is 0.275. The lowest BCUT2D eigenvalue weighted by Crippen LogP contribution is -2.11. The van der Waals surface area contributed by atoms with Gasteiger partial charge in [0.1, 0.15) is 0 Å². The predicted octanol–water partition coefficient (Wildman–Crippen LogP) is 1.68. The monoisotopic (exact) mass is 276 g/mol. The maximum Gasteiger partial charge on any atom is 0.322 e. The molecular formula is C13H20N6O. The molecule has 0 aromatic carbocycles. The standard InChI is InChI=1S/C13H20N6O/c1-6-10-8(3)18-19(9(10)4)12-15-11(14-7-2)16-13(17-12)20-5/h6-7H2,1-5H3,(H,14,15,16,17). The first kappa shape index (κ1) is 14.2. The maximum atomic E-state index is 5.12. The van der Waals surface area contributed by atoms with Gasteiger partial charge in [0, 0.05) is 12.2 Å². The molecule has 0 saturated heterocycles. The summed E-state index contributed by atoms with van der Waals surface area (Å²) >= 11 is 0. The minimum atomic E-state index is 0.275. The lowest BCUT2D eigenvalue weighted by atomic mass is 10.1. The Labute approximate surface area is 118 Å². The molecule has 7 nitrogen and oxygen atoms in total. The van der Waals surface area contributed by atoms with Gasteiger partial charge in [-0.05, 0) is 32.8 Å². The summed E-state index contributed by atoms with van der Waals surface area (Å²) in [6, 6.07) is 0.275. The van der Waals surface area contributed by atoms with E-state index in [0.29, 0.717) is 11.9 Å². The van der Waals surface area contributed by atoms with E-state index in [1.165, 1.54) is 12.7 Å². The molecule has 0 bridgehead atoms. The summed E-state index contributed by atoms with van der Waals surface area (Å²) in [7, 11) is 1.54. The normalized spacial score (nSPS) is 10.7. The molecule has 0 amide bonds. The molecule has 0 aliphatic rings. The van der Waals surface area contributed by atoms with E-state index in [1.54, 1.807) is 4.68 Å². The Morgan fingerprint density at radius 2 is 1.90 bits per heavy atom. The number of hydrogen-bond donors (Lipinski definition) is 1. The van der Waals surface area contributed by atoms with Crippen molar-refractivity contribution < 1.29 is 4.74 Å². The highest BCUT2D eigenvalue weighted by Crippen LogP contribution is 2.18. The van der Waals surface area contributed by atoms with Crippen LogP contribution in [0.25, 0.3) is 5.95 Å². The van der Waals surface area contributed by atoms with Gasteiger partial charge >= 0.3 is 6.01 Å². The average Bonchev–Trinajstić information content (AvgIpc) is 2.73. The molecule has 0 aliphatic heterocycles. The number of rotatable bonds is 5. The van der Waals surface area contributed by atoms with Crippen LogP contribution in [0.2, 0.25) is 0 Å². The van der Waals surface area contributed by atoms with Gasteiger partial charge in [0.25, 0.3) is 5.95 Å². The highest BCUT2D eigenvalue weighted by Gasteiger charge is 2.15. The third kappa shape index (κ3) is 2.56. The van der Waals surface area contributed by atoms with Crippen molar-refractivity contribution in [3.05, 3.63) is 17.0 Å². The third-order valence-corrected chi connectivity index (χ3v) is 3.10. The fourth-order valence-corrected chi connectivity index (χ4v) is 2.15. The molecular weight excluding hydrogens is 256 g/mol. The minimum Gasteiger partial charge on any atom is -0.467 e. The first-order valence-corrected chi connectivity index (χ1v) is 6.70. The van der Waals surface area contributed by atoms with Crippen LogP contribution in [0.5, 0.6) is 6.01 Å². The zero-order chi connectivity index (χ0) is 14.7. The van der Waals surface area contributed by atoms with Crippen LogP contribution in [-0.4, -0.2) is 38.4 Å². The SMILES string of the molecule is CCNc1nc(OC)nc(-n2nc(C)c(CC)c2C)n1. The van der Waals surface area contributed by atoms with Gasteiger partial charge in [-0.15, -0.1) is 0 Å². The number of ether oxygens (including phenoxy) is 1. The van der Waals surface area contributed by atoms with E-state index in [4.69, 9.17) is 4.74 Å². The quantitative estimate of drug-likeness (QED) is 0.895. The second-order valence-electron chi connectivity index (χ2n) is 4.39. The topological polar surface area (TPSA) is 77.8 Å². The van der Waals surface area contributed by atoms with Crippen LogP contribution in [0, 0.1) is 13.8 Å². The van der Waals surface area contributed by atoms with E-state index < -0.39 is 0 Å². The predicted molar refractivity (Wildman–Crippen MR) is 76.5 cm³/mol. The molecule has 108 valence electrons. The lowest BCUT2D eigenvalue weighted by Gasteiger charge is -2.08. The first-order chi connectivity index (χ1) is 9.60. The summed E-state index contributed by atoms with van der Waals surface area (Å²) in [4.78, 5) is 12.8. The number of anilines is 1. The molecule has 0 fully saturated rings. The van der Waals surface area contributed by atoms with E-state index in [2.05, 4.69) is 32.3 Å². The van der Waals surface area contributed by atoms with Crippen molar-refractivity contribution in [3.8, 4) is 12.0 Å². The van der Waals surface area contributed by atoms with E-state index in [-0.39, 0.29) is 6.01 Å². The van der Waals surface area contributed by atoms with Crippen molar-refractivity contribution >= 4 is 5.95 Å². The molecule has 0 spiro atoms. The first-order valence-electron chi connectivity index (χ1n) is 6.70. The Morgan fingerprint density at radius 3 is 2.45 bits per heavy atom. The zero-order valence-corrected chi connectivity index (χ0v) is 12.6. The van der Waals surface area contributed by atoms with Crippen LogP contribution >= 0.6 is 0 Å². The van der Waals surface area contributed by atoms with Crippen LogP contribution < -0.4 is 10.1 Å². The van der Waals surface area contributed by atoms with Gasteiger partial charge in [-0.25, -0.2) is 4.68 Å². The third-order valence-electron chi connectivity index (χ3n) is 3.10. The number of methoxy groups -OCH3 is 1. The summed E-state index contributed by atoms with van der Waals surface area (Å²) in [6.07, 6.45) is 0.931. The molecule has 1 N–H and O–H groups in total. The number of hydrogen-bond acceptors (Lipinski definition) is 6. The molecule has 20 heavy (non-hydrogen) atoms. The van der Waals surface area contributed by atoms with Gasteiger partial charge in [-0.2, -0.15) is 20.1 Å². The van der Waals surface area contributed by atoms with Crippen LogP contribution in [0.15, 0.2) is 0 Å². The Kier molecular flexibility index (Phi) is 4.16. The Bertz CT molecular complexity index is 607. The smallest absolute Gasteiger partial charge is 0.322 e. The van der Waals surface area contributed by atoms with Gasteiger partial charge < -0.3 is 10.1 Å². The molecule has 2 rings (SSSR count). The highest BCUT2D eigenvalue weighted by atomic mass is 16.5. The molecule has 0 saturated carbocycles. The van der Waals surface area contributed by atoms with Gasteiger partial charge in [-0.1, -0.05) is 6.92 Å². The molecule has 0 radical (unpaired) electrons. The van der Waals surface area contributed by atoms with Crippen LogP contribution in [0.3, 0.4) is 0 Å². The van der Waals surface area contributed by atoms with Gasteiger partial charge in [-0.3, -0.25) is 0 Å². The summed E-state index contributed by atoms with van der Waals surface area (Å²) in [5, 5.41) is 7.57. The van der Waals surface area contributed by atoms with E-state index in [1.807, 2.05) is 20.8 Å². The van der Waals surface area contributed by atoms with Crippen LogP contribution in [0.1, 0.15) is 30.8 Å². The average molecular weight is 276 g/mol. The van der Waals surface area contributed by atoms with Crippen LogP contribution in [-0.2, 0) is 6.42 Å². The Morgan fingerprint density at radius 1 is 1.15 bits per heavy atom. The zero-order valence-electron chi connectivity index (χ0n) is 12.6. The number of nitrogens with zero attached hydrogens (tertiary/aromatic N) is 5. The largest absolute Gasteiger partial charge is 0.467 e. The highest BCUT2D eigenvalue weighted by molar-refractivity contribution is 5.34. The van der Waals surface area contributed by atoms with Crippen molar-refractivity contribution in [3.63, 3.8) is 0 Å². The van der Waals surface area contributed by atoms with Crippen molar-refractivity contribution in [2.24, 2.45) is 0 Å². The molecule has 0 atom stereocenters. The molecule has 2 aromatic rings. The van der Waals surface area contributed by atoms with Crippen molar-refractivity contribution in [1.29, 1.82) is 0 Å². The van der Waals surface area contributed by atoms with Crippen molar-refractivity contribution in [1.82, 2.24) is 24.7 Å². The molecule has 2 aromatic heterocycles. The summed E-state index contributed by atoms with van der Waals surface area (Å²) in [5.41, 5.74) is 3.25. The van der Waals surface area contributed by atoms with E-state index in [0.717, 1.165) is 24.4 Å². The molecule has 0 aliphatic carbocycles. The number of nitrogens with one attached hydrogen (secondary N) is 1. The van der Waals surface area contributed by atoms with Crippen molar-refractivity contribution in [2.75, 3.05) is 19.0 Å². The molecule has 7 heteroatoms. The fraction of sp³-hybridized carbons (Fsp3) is 0.538. The van der Waals surface area contributed by atoms with Crippen LogP contribution in [0.4, 0.5) is 5.95 Å². The van der Waals surface area contributed by atoms with Gasteiger partial charge in [0.05, 0.1) is 12.8 Å². The maximum absolute atomic E-state index is 5.12. The molecule has 0 unspecified atom stereocenters. The van der Waals surface area contributed by atoms with E-state index >= 15 is 0 Å². The summed E-state index contributed by atoms with van der Waals surface area (Å²) < 4.78 is 6.86. The van der Waals surface area contributed by atoms with Gasteiger partial charge in [0.15, 0.2) is 0 Å². The fourth-order valence-electron chi connectivity index (χ4n) is 2.15.